The summed E-state index contributed by atoms with van der Waals surface area (Å²) in [6.07, 6.45) is -1.66. The second kappa shape index (κ2) is 11.6. The summed E-state index contributed by atoms with van der Waals surface area (Å²) in [6, 6.07) is 12.6. The number of rotatable bonds is 7. The van der Waals surface area contributed by atoms with Gasteiger partial charge in [0.05, 0.1) is 12.0 Å². The summed E-state index contributed by atoms with van der Waals surface area (Å²) < 4.78 is 42.2. The Labute approximate surface area is 251 Å². The van der Waals surface area contributed by atoms with Crippen molar-refractivity contribution in [3.05, 3.63) is 82.0 Å². The first kappa shape index (κ1) is 29.1. The average Bonchev–Trinajstić information content (AvgIpc) is 3.49. The molecule has 2 aromatic carbocycles. The number of hydrogen-bond donors (Lipinski definition) is 2. The maximum absolute atomic E-state index is 14.1. The summed E-state index contributed by atoms with van der Waals surface area (Å²) in [7, 11) is 0. The highest BCUT2D eigenvalue weighted by atomic mass is 35.5. The van der Waals surface area contributed by atoms with Gasteiger partial charge in [0, 0.05) is 48.5 Å². The van der Waals surface area contributed by atoms with E-state index < -0.39 is 23.7 Å². The van der Waals surface area contributed by atoms with Crippen LogP contribution in [0.1, 0.15) is 46.3 Å². The Morgan fingerprint density at radius 2 is 1.81 bits per heavy atom. The Balaban J connectivity index is 1.04. The quantitative estimate of drug-likeness (QED) is 0.373. The van der Waals surface area contributed by atoms with Gasteiger partial charge in [0.1, 0.15) is 11.9 Å². The molecule has 1 atom stereocenters. The minimum atomic E-state index is -4.55. The van der Waals surface area contributed by atoms with Crippen LogP contribution in [0.15, 0.2) is 54.7 Å². The Hall–Kier alpha value is -3.96. The van der Waals surface area contributed by atoms with Crippen LogP contribution in [0.5, 0.6) is 0 Å². The monoisotopic (exact) mass is 611 g/mol. The van der Waals surface area contributed by atoms with Gasteiger partial charge in [-0.05, 0) is 66.3 Å². The molecule has 3 aliphatic rings. The van der Waals surface area contributed by atoms with Crippen molar-refractivity contribution in [2.45, 2.75) is 44.6 Å². The number of carbonyl (C=O) groups is 3. The first-order valence-electron chi connectivity index (χ1n) is 14.1. The van der Waals surface area contributed by atoms with E-state index in [9.17, 15) is 27.6 Å². The molecule has 3 amide bonds. The number of anilines is 1. The Bertz CT molecular complexity index is 1590. The lowest BCUT2D eigenvalue weighted by atomic mass is 9.96. The predicted octanol–water partition coefficient (Wildman–Crippen LogP) is 4.80. The normalized spacial score (nSPS) is 19.3. The number of fused-ring (bicyclic) bond motifs is 1. The number of aromatic nitrogens is 1. The topological polar surface area (TPSA) is 94.6 Å². The summed E-state index contributed by atoms with van der Waals surface area (Å²) in [6.45, 7) is 2.47. The molecular weight excluding hydrogens is 583 g/mol. The highest BCUT2D eigenvalue weighted by molar-refractivity contribution is 6.30. The van der Waals surface area contributed by atoms with E-state index in [2.05, 4.69) is 15.6 Å². The standard InChI is InChI=1S/C31H29ClF3N5O3/c32-23-3-1-2-20(11-23)21-12-25(31(33,34)35)28(37-16-21)39-8-6-18(7-9-39)14-36-15-19-4-5-24-22(10-19)17-40(30(24)43)26-13-27(41)38-29(26)42/h1-5,10-12,16,18,26,36H,6-9,13-15,17H2,(H,38,41,42)/t26-/m1/s1. The fourth-order valence-electron chi connectivity index (χ4n) is 6.06. The number of benzene rings is 2. The Kier molecular flexibility index (Phi) is 7.87. The van der Waals surface area contributed by atoms with Crippen molar-refractivity contribution >= 4 is 35.1 Å². The van der Waals surface area contributed by atoms with Crippen molar-refractivity contribution < 1.29 is 27.6 Å². The number of nitrogens with zero attached hydrogens (tertiary/aromatic N) is 3. The number of alkyl halides is 3. The highest BCUT2D eigenvalue weighted by Gasteiger charge is 2.41. The first-order valence-corrected chi connectivity index (χ1v) is 14.5. The molecule has 224 valence electrons. The second-order valence-corrected chi connectivity index (χ2v) is 11.7. The van der Waals surface area contributed by atoms with Gasteiger partial charge >= 0.3 is 6.18 Å². The predicted molar refractivity (Wildman–Crippen MR) is 154 cm³/mol. The number of carbonyl (C=O) groups excluding carboxylic acids is 3. The SMILES string of the molecule is O=C1C[C@@H](N2Cc3cc(CNCC4CCN(c5ncc(-c6cccc(Cl)c6)cc5C(F)(F)F)CC4)ccc3C2=O)C(=O)N1. The number of nitrogens with one attached hydrogen (secondary N) is 2. The molecule has 4 heterocycles. The van der Waals surface area contributed by atoms with Gasteiger partial charge < -0.3 is 15.1 Å². The zero-order valence-electron chi connectivity index (χ0n) is 23.1. The summed E-state index contributed by atoms with van der Waals surface area (Å²) in [4.78, 5) is 43.9. The van der Waals surface area contributed by atoms with E-state index in [1.165, 1.54) is 11.1 Å². The average molecular weight is 612 g/mol. The maximum Gasteiger partial charge on any atom is 0.419 e. The van der Waals surface area contributed by atoms with E-state index in [0.717, 1.165) is 30.0 Å². The summed E-state index contributed by atoms with van der Waals surface area (Å²) in [5.41, 5.74) is 2.52. The van der Waals surface area contributed by atoms with Crippen molar-refractivity contribution in [3.63, 3.8) is 0 Å². The molecule has 3 aliphatic heterocycles. The first-order chi connectivity index (χ1) is 20.6. The van der Waals surface area contributed by atoms with E-state index in [-0.39, 0.29) is 30.6 Å². The van der Waals surface area contributed by atoms with Crippen LogP contribution in [-0.2, 0) is 28.9 Å². The number of halogens is 4. The molecule has 0 saturated carbocycles. The molecule has 0 unspecified atom stereocenters. The summed E-state index contributed by atoms with van der Waals surface area (Å²) in [5, 5.41) is 6.13. The molecule has 0 spiro atoms. The smallest absolute Gasteiger partial charge is 0.356 e. The van der Waals surface area contributed by atoms with Crippen molar-refractivity contribution in [1.29, 1.82) is 0 Å². The van der Waals surface area contributed by atoms with Crippen molar-refractivity contribution in [2.75, 3.05) is 24.5 Å². The molecule has 2 fully saturated rings. The number of hydrogen-bond acceptors (Lipinski definition) is 6. The molecule has 0 bridgehead atoms. The molecule has 2 saturated heterocycles. The van der Waals surface area contributed by atoms with E-state index in [4.69, 9.17) is 11.6 Å². The molecule has 3 aromatic rings. The Morgan fingerprint density at radius 1 is 1.02 bits per heavy atom. The van der Waals surface area contributed by atoms with Crippen LogP contribution >= 0.6 is 11.6 Å². The third kappa shape index (κ3) is 6.09. The van der Waals surface area contributed by atoms with Gasteiger partial charge in [-0.15, -0.1) is 0 Å². The summed E-state index contributed by atoms with van der Waals surface area (Å²) in [5.74, 6) is -0.831. The number of piperidine rings is 1. The molecule has 0 aliphatic carbocycles. The lowest BCUT2D eigenvalue weighted by Crippen LogP contribution is -2.40. The van der Waals surface area contributed by atoms with Crippen molar-refractivity contribution in [2.24, 2.45) is 5.92 Å². The van der Waals surface area contributed by atoms with Gasteiger partial charge in [0.2, 0.25) is 11.8 Å². The van der Waals surface area contributed by atoms with E-state index in [1.54, 1.807) is 35.2 Å². The second-order valence-electron chi connectivity index (χ2n) is 11.2. The fraction of sp³-hybridized carbons (Fsp3) is 0.355. The summed E-state index contributed by atoms with van der Waals surface area (Å²) >= 11 is 6.03. The molecule has 1 aromatic heterocycles. The third-order valence-electron chi connectivity index (χ3n) is 8.33. The lowest BCUT2D eigenvalue weighted by Gasteiger charge is -2.34. The number of pyridine rings is 1. The van der Waals surface area contributed by atoms with Crippen LogP contribution in [0.25, 0.3) is 11.1 Å². The van der Waals surface area contributed by atoms with E-state index >= 15 is 0 Å². The zero-order valence-corrected chi connectivity index (χ0v) is 23.8. The molecule has 12 heteroatoms. The van der Waals surface area contributed by atoms with E-state index in [1.807, 2.05) is 12.1 Å². The van der Waals surface area contributed by atoms with Gasteiger partial charge in [-0.1, -0.05) is 35.9 Å². The zero-order chi connectivity index (χ0) is 30.3. The molecule has 2 N–H and O–H groups in total. The third-order valence-corrected chi connectivity index (χ3v) is 8.56. The van der Waals surface area contributed by atoms with Gasteiger partial charge in [-0.3, -0.25) is 19.7 Å². The maximum atomic E-state index is 14.1. The van der Waals surface area contributed by atoms with E-state index in [0.29, 0.717) is 53.8 Å². The minimum Gasteiger partial charge on any atom is -0.356 e. The van der Waals surface area contributed by atoms with Gasteiger partial charge in [0.25, 0.3) is 5.91 Å². The van der Waals surface area contributed by atoms with Crippen molar-refractivity contribution in [1.82, 2.24) is 20.5 Å². The van der Waals surface area contributed by atoms with Gasteiger partial charge in [-0.2, -0.15) is 13.2 Å². The number of imide groups is 1. The highest BCUT2D eigenvalue weighted by Crippen LogP contribution is 2.39. The van der Waals surface area contributed by atoms with Crippen molar-refractivity contribution in [3.8, 4) is 11.1 Å². The lowest BCUT2D eigenvalue weighted by molar-refractivity contribution is -0.137. The molecular formula is C31H29ClF3N5O3. The number of amides is 3. The molecule has 43 heavy (non-hydrogen) atoms. The van der Waals surface area contributed by atoms with Gasteiger partial charge in [-0.25, -0.2) is 4.98 Å². The van der Waals surface area contributed by atoms with Gasteiger partial charge in [0.15, 0.2) is 0 Å². The minimum absolute atomic E-state index is 0.0201. The van der Waals surface area contributed by atoms with Crippen LogP contribution in [-0.4, -0.2) is 53.3 Å². The largest absolute Gasteiger partial charge is 0.419 e. The molecule has 8 nitrogen and oxygen atoms in total. The van der Waals surface area contributed by atoms with Crippen LogP contribution in [0.4, 0.5) is 19.0 Å². The Morgan fingerprint density at radius 3 is 2.51 bits per heavy atom. The van der Waals surface area contributed by atoms with Crippen LogP contribution < -0.4 is 15.5 Å². The molecule has 6 rings (SSSR count). The molecule has 0 radical (unpaired) electrons. The van der Waals surface area contributed by atoms with Crippen LogP contribution in [0, 0.1) is 5.92 Å². The van der Waals surface area contributed by atoms with Crippen LogP contribution in [0.2, 0.25) is 5.02 Å². The van der Waals surface area contributed by atoms with Crippen LogP contribution in [0.3, 0.4) is 0 Å². The fourth-order valence-corrected chi connectivity index (χ4v) is 6.25.